The Balaban J connectivity index is 1.67. The van der Waals surface area contributed by atoms with E-state index in [2.05, 4.69) is 25.3 Å². The lowest BCUT2D eigenvalue weighted by Gasteiger charge is -2.36. The summed E-state index contributed by atoms with van der Waals surface area (Å²) < 4.78 is 58.4. The minimum Gasteiger partial charge on any atom is -0.266 e. The number of sulfonamides is 2. The topological polar surface area (TPSA) is 74.8 Å². The van der Waals surface area contributed by atoms with E-state index in [1.54, 1.807) is 24.3 Å². The molecule has 42 heavy (non-hydrogen) atoms. The molecule has 1 unspecified atom stereocenters. The van der Waals surface area contributed by atoms with Crippen LogP contribution in [0.5, 0.6) is 0 Å². The second kappa shape index (κ2) is 11.7. The molecule has 0 bridgehead atoms. The summed E-state index contributed by atoms with van der Waals surface area (Å²) in [7, 11) is -7.58. The van der Waals surface area contributed by atoms with Crippen LogP contribution in [0.2, 0.25) is 0 Å². The molecule has 0 aliphatic carbocycles. The predicted octanol–water partition coefficient (Wildman–Crippen LogP) is 6.46. The van der Waals surface area contributed by atoms with Crippen molar-refractivity contribution in [2.45, 2.75) is 75.6 Å². The molecule has 3 aromatic rings. The molecule has 0 N–H and O–H groups in total. The molecule has 0 saturated heterocycles. The lowest BCUT2D eigenvalue weighted by atomic mass is 9.82. The van der Waals surface area contributed by atoms with Crippen LogP contribution < -0.4 is 4.31 Å². The van der Waals surface area contributed by atoms with E-state index in [1.165, 1.54) is 8.61 Å². The second-order valence-electron chi connectivity index (χ2n) is 11.4. The van der Waals surface area contributed by atoms with E-state index in [1.807, 2.05) is 51.1 Å². The summed E-state index contributed by atoms with van der Waals surface area (Å²) in [4.78, 5) is 0.505. The van der Waals surface area contributed by atoms with E-state index in [4.69, 9.17) is 0 Å². The number of fused-ring (bicyclic) bond motifs is 2. The highest BCUT2D eigenvalue weighted by molar-refractivity contribution is 7.92. The summed E-state index contributed by atoms with van der Waals surface area (Å²) in [5.41, 5.74) is 6.81. The number of hydrogen-bond donors (Lipinski definition) is 0. The van der Waals surface area contributed by atoms with Gasteiger partial charge in [-0.1, -0.05) is 72.7 Å². The van der Waals surface area contributed by atoms with Gasteiger partial charge in [0, 0.05) is 37.5 Å². The Kier molecular flexibility index (Phi) is 8.39. The van der Waals surface area contributed by atoms with Gasteiger partial charge in [-0.2, -0.15) is 4.31 Å². The van der Waals surface area contributed by atoms with Gasteiger partial charge in [-0.25, -0.2) is 16.8 Å². The molecule has 3 aromatic carbocycles. The van der Waals surface area contributed by atoms with E-state index >= 15 is 0 Å². The van der Waals surface area contributed by atoms with Gasteiger partial charge in [-0.15, -0.1) is 0 Å². The molecular weight excluding hydrogens is 565 g/mol. The van der Waals surface area contributed by atoms with E-state index in [0.29, 0.717) is 18.7 Å². The summed E-state index contributed by atoms with van der Waals surface area (Å²) >= 11 is 0. The van der Waals surface area contributed by atoms with Gasteiger partial charge in [0.25, 0.3) is 10.0 Å². The molecule has 2 heterocycles. The molecule has 0 aromatic heterocycles. The Hall–Kier alpha value is -3.38. The Labute approximate surface area is 251 Å². The van der Waals surface area contributed by atoms with Crippen LogP contribution in [0.4, 0.5) is 5.69 Å². The maximum atomic E-state index is 13.9. The molecule has 8 heteroatoms. The van der Waals surface area contributed by atoms with Crippen molar-refractivity contribution in [1.82, 2.24) is 4.31 Å². The molecule has 0 fully saturated rings. The van der Waals surface area contributed by atoms with Crippen LogP contribution in [0.15, 0.2) is 76.5 Å². The van der Waals surface area contributed by atoms with Crippen molar-refractivity contribution in [3.05, 3.63) is 100 Å². The van der Waals surface area contributed by atoms with Gasteiger partial charge in [0.05, 0.1) is 15.5 Å². The summed E-state index contributed by atoms with van der Waals surface area (Å²) in [6.07, 6.45) is 3.20. The maximum Gasteiger partial charge on any atom is 0.264 e. The fourth-order valence-electron chi connectivity index (χ4n) is 5.73. The standard InChI is InChI=1S/C34H38N2O4S2/c1-6-7-8-9-10-29-30-19-20-36(42(39,40)28-17-13-26(5)14-18-28)34(30)21-31-32(24(2)3)22-35(23-33(29)31)41(37,38)27-15-11-25(4)12-16-27/h11-18,21,32H,2,6-8,19-20,22-23H2,1,3-5H3. The van der Waals surface area contributed by atoms with Crippen molar-refractivity contribution in [3.63, 3.8) is 0 Å². The third kappa shape index (κ3) is 5.54. The summed E-state index contributed by atoms with van der Waals surface area (Å²) in [6.45, 7) is 12.8. The highest BCUT2D eigenvalue weighted by atomic mass is 32.2. The van der Waals surface area contributed by atoms with Crippen molar-refractivity contribution in [1.29, 1.82) is 0 Å². The minimum atomic E-state index is -3.80. The molecule has 6 nitrogen and oxygen atoms in total. The SMILES string of the molecule is C=C(C)C1CN(S(=O)(=O)c2ccc(C)cc2)Cc2c1cc1c(c2C#CCCCC)CCN1S(=O)(=O)c1ccc(C)cc1. The van der Waals surface area contributed by atoms with Crippen molar-refractivity contribution in [3.8, 4) is 11.8 Å². The fourth-order valence-corrected chi connectivity index (χ4v) is 8.64. The number of benzene rings is 3. The normalized spacial score (nSPS) is 16.9. The van der Waals surface area contributed by atoms with Crippen LogP contribution in [-0.4, -0.2) is 34.2 Å². The van der Waals surface area contributed by atoms with Crippen LogP contribution in [0.3, 0.4) is 0 Å². The Morgan fingerprint density at radius 2 is 1.52 bits per heavy atom. The Morgan fingerprint density at radius 3 is 2.10 bits per heavy atom. The van der Waals surface area contributed by atoms with Crippen LogP contribution in [0, 0.1) is 25.7 Å². The van der Waals surface area contributed by atoms with Crippen molar-refractivity contribution in [2.24, 2.45) is 0 Å². The third-order valence-corrected chi connectivity index (χ3v) is 11.9. The van der Waals surface area contributed by atoms with Gasteiger partial charge in [-0.05, 0) is 80.6 Å². The Bertz CT molecular complexity index is 1800. The van der Waals surface area contributed by atoms with Gasteiger partial charge >= 0.3 is 0 Å². The van der Waals surface area contributed by atoms with Crippen LogP contribution in [-0.2, 0) is 33.0 Å². The molecule has 2 aliphatic heterocycles. The fraction of sp³-hybridized carbons (Fsp3) is 0.353. The molecule has 5 rings (SSSR count). The van der Waals surface area contributed by atoms with Crippen molar-refractivity contribution < 1.29 is 16.8 Å². The van der Waals surface area contributed by atoms with Crippen LogP contribution >= 0.6 is 0 Å². The zero-order valence-electron chi connectivity index (χ0n) is 24.8. The number of rotatable bonds is 7. The first kappa shape index (κ1) is 30.1. The number of nitrogens with zero attached hydrogens (tertiary/aromatic N) is 2. The first-order chi connectivity index (χ1) is 19.9. The highest BCUT2D eigenvalue weighted by Gasteiger charge is 2.39. The average molecular weight is 603 g/mol. The molecule has 2 aliphatic rings. The average Bonchev–Trinajstić information content (AvgIpc) is 3.39. The summed E-state index contributed by atoms with van der Waals surface area (Å²) in [5, 5.41) is 0. The first-order valence-electron chi connectivity index (χ1n) is 14.4. The van der Waals surface area contributed by atoms with E-state index in [-0.39, 0.29) is 28.8 Å². The third-order valence-electron chi connectivity index (χ3n) is 8.21. The number of unbranched alkanes of at least 4 members (excludes halogenated alkanes) is 2. The molecule has 0 saturated carbocycles. The molecular formula is C34H38N2O4S2. The van der Waals surface area contributed by atoms with Gasteiger partial charge in [0.15, 0.2) is 0 Å². The van der Waals surface area contributed by atoms with Crippen molar-refractivity contribution >= 4 is 25.7 Å². The van der Waals surface area contributed by atoms with Gasteiger partial charge in [-0.3, -0.25) is 4.31 Å². The van der Waals surface area contributed by atoms with Crippen molar-refractivity contribution in [2.75, 3.05) is 17.4 Å². The smallest absolute Gasteiger partial charge is 0.264 e. The van der Waals surface area contributed by atoms with Gasteiger partial charge < -0.3 is 0 Å². The lowest BCUT2D eigenvalue weighted by Crippen LogP contribution is -2.39. The minimum absolute atomic E-state index is 0.172. The largest absolute Gasteiger partial charge is 0.266 e. The monoisotopic (exact) mass is 602 g/mol. The summed E-state index contributed by atoms with van der Waals surface area (Å²) in [5.74, 6) is 6.38. The van der Waals surface area contributed by atoms with Gasteiger partial charge in [0.2, 0.25) is 10.0 Å². The Morgan fingerprint density at radius 1 is 0.929 bits per heavy atom. The van der Waals surface area contributed by atoms with E-state index in [0.717, 1.165) is 58.2 Å². The number of hydrogen-bond acceptors (Lipinski definition) is 4. The van der Waals surface area contributed by atoms with Crippen LogP contribution in [0.25, 0.3) is 0 Å². The second-order valence-corrected chi connectivity index (χ2v) is 15.2. The quantitative estimate of drug-likeness (QED) is 0.177. The number of anilines is 1. The first-order valence-corrected chi connectivity index (χ1v) is 17.3. The molecule has 0 spiro atoms. The maximum absolute atomic E-state index is 13.9. The number of aryl methyl sites for hydroxylation is 2. The van der Waals surface area contributed by atoms with Crippen LogP contribution in [0.1, 0.15) is 72.4 Å². The lowest BCUT2D eigenvalue weighted by molar-refractivity contribution is 0.369. The highest BCUT2D eigenvalue weighted by Crippen LogP contribution is 2.44. The molecule has 0 amide bonds. The predicted molar refractivity (Wildman–Crippen MR) is 169 cm³/mol. The zero-order valence-corrected chi connectivity index (χ0v) is 26.4. The zero-order chi connectivity index (χ0) is 30.2. The summed E-state index contributed by atoms with van der Waals surface area (Å²) in [6, 6.07) is 15.8. The van der Waals surface area contributed by atoms with E-state index < -0.39 is 20.0 Å². The van der Waals surface area contributed by atoms with Gasteiger partial charge in [0.1, 0.15) is 0 Å². The molecule has 1 atom stereocenters. The van der Waals surface area contributed by atoms with E-state index in [9.17, 15) is 16.8 Å². The molecule has 0 radical (unpaired) electrons. The molecule has 220 valence electrons.